The van der Waals surface area contributed by atoms with Gasteiger partial charge in [0.25, 0.3) is 0 Å². The molecule has 4 rings (SSSR count). The van der Waals surface area contributed by atoms with E-state index in [1.54, 1.807) is 7.11 Å². The largest absolute Gasteiger partial charge is 0.495 e. The predicted molar refractivity (Wildman–Crippen MR) is 96.6 cm³/mol. The number of nitrogens with one attached hydrogen (secondary N) is 1. The van der Waals surface area contributed by atoms with E-state index in [-0.39, 0.29) is 12.1 Å². The van der Waals surface area contributed by atoms with Crippen molar-refractivity contribution in [1.29, 1.82) is 5.26 Å². The average molecular weight is 352 g/mol. The molecule has 2 atom stereocenters. The molecule has 2 aliphatic rings. The van der Waals surface area contributed by atoms with Crippen molar-refractivity contribution in [2.75, 3.05) is 13.7 Å². The lowest BCUT2D eigenvalue weighted by atomic mass is 10.0. The number of hydrogen-bond acceptors (Lipinski definition) is 5. The van der Waals surface area contributed by atoms with Crippen molar-refractivity contribution in [3.8, 4) is 11.8 Å². The Labute approximate surface area is 153 Å². The molecule has 0 unspecified atom stereocenters. The Morgan fingerprint density at radius 3 is 3.04 bits per heavy atom. The third kappa shape index (κ3) is 3.74. The topological polar surface area (TPSA) is 72.1 Å². The van der Waals surface area contributed by atoms with Gasteiger partial charge in [-0.05, 0) is 42.9 Å². The highest BCUT2D eigenvalue weighted by atomic mass is 16.5. The molecular formula is C20H24N4O2. The predicted octanol–water partition coefficient (Wildman–Crippen LogP) is 2.79. The molecule has 1 saturated heterocycles. The van der Waals surface area contributed by atoms with E-state index < -0.39 is 0 Å². The second kappa shape index (κ2) is 7.48. The Morgan fingerprint density at radius 1 is 1.38 bits per heavy atom. The third-order valence-electron chi connectivity index (χ3n) is 5.17. The number of benzene rings is 1. The fraction of sp³-hybridized carbons (Fsp3) is 0.500. The molecule has 0 radical (unpaired) electrons. The van der Waals surface area contributed by atoms with Gasteiger partial charge in [0.1, 0.15) is 17.9 Å². The van der Waals surface area contributed by atoms with Gasteiger partial charge in [-0.2, -0.15) is 10.4 Å². The summed E-state index contributed by atoms with van der Waals surface area (Å²) >= 11 is 0. The van der Waals surface area contributed by atoms with Crippen LogP contribution in [0.25, 0.3) is 0 Å². The summed E-state index contributed by atoms with van der Waals surface area (Å²) in [4.78, 5) is 0. The number of nitrogens with zero attached hydrogens (tertiary/aromatic N) is 3. The van der Waals surface area contributed by atoms with Gasteiger partial charge in [-0.1, -0.05) is 6.07 Å². The van der Waals surface area contributed by atoms with Crippen LogP contribution in [0, 0.1) is 17.2 Å². The second-order valence-corrected chi connectivity index (χ2v) is 7.15. The fourth-order valence-corrected chi connectivity index (χ4v) is 3.52. The number of ether oxygens (including phenoxy) is 2. The maximum Gasteiger partial charge on any atom is 0.136 e. The summed E-state index contributed by atoms with van der Waals surface area (Å²) in [6.45, 7) is 2.47. The SMILES string of the molecule is COc1ccc(CN[C@H]2CCO[C@@H]2c2cnn(CC3CC3)c2)cc1C#N. The van der Waals surface area contributed by atoms with E-state index >= 15 is 0 Å². The molecule has 6 heteroatoms. The van der Waals surface area contributed by atoms with Crippen LogP contribution in [-0.4, -0.2) is 29.5 Å². The van der Waals surface area contributed by atoms with Crippen molar-refractivity contribution in [1.82, 2.24) is 15.1 Å². The van der Waals surface area contributed by atoms with Gasteiger partial charge in [-0.25, -0.2) is 0 Å². The van der Waals surface area contributed by atoms with Crippen LogP contribution in [0.15, 0.2) is 30.6 Å². The smallest absolute Gasteiger partial charge is 0.136 e. The lowest BCUT2D eigenvalue weighted by Gasteiger charge is -2.19. The molecule has 1 aliphatic carbocycles. The van der Waals surface area contributed by atoms with E-state index in [1.165, 1.54) is 12.8 Å². The van der Waals surface area contributed by atoms with E-state index in [4.69, 9.17) is 9.47 Å². The molecule has 1 aliphatic heterocycles. The van der Waals surface area contributed by atoms with Crippen LogP contribution >= 0.6 is 0 Å². The summed E-state index contributed by atoms with van der Waals surface area (Å²) in [7, 11) is 1.58. The van der Waals surface area contributed by atoms with Crippen LogP contribution in [0.1, 0.15) is 42.1 Å². The number of hydrogen-bond donors (Lipinski definition) is 1. The zero-order chi connectivity index (χ0) is 17.9. The first-order valence-electron chi connectivity index (χ1n) is 9.21. The van der Waals surface area contributed by atoms with E-state index in [2.05, 4.69) is 27.4 Å². The van der Waals surface area contributed by atoms with Gasteiger partial charge in [0, 0.05) is 37.5 Å². The highest BCUT2D eigenvalue weighted by Gasteiger charge is 2.31. The van der Waals surface area contributed by atoms with E-state index in [0.717, 1.165) is 36.6 Å². The standard InChI is InChI=1S/C20H24N4O2/c1-25-19-5-4-15(8-16(19)9-21)10-22-18-6-7-26-20(18)17-11-23-24(13-17)12-14-2-3-14/h4-5,8,11,13-14,18,20,22H,2-3,6-7,10,12H2,1H3/t18-,20+/m0/s1. The summed E-state index contributed by atoms with van der Waals surface area (Å²) in [6.07, 6.45) is 7.73. The molecule has 0 bridgehead atoms. The van der Waals surface area contributed by atoms with Crippen LogP contribution in [0.4, 0.5) is 0 Å². The zero-order valence-electron chi connectivity index (χ0n) is 15.0. The first-order chi connectivity index (χ1) is 12.8. The van der Waals surface area contributed by atoms with E-state index in [9.17, 15) is 5.26 Å². The Morgan fingerprint density at radius 2 is 2.27 bits per heavy atom. The van der Waals surface area contributed by atoms with Crippen LogP contribution in [-0.2, 0) is 17.8 Å². The lowest BCUT2D eigenvalue weighted by molar-refractivity contribution is 0.0984. The van der Waals surface area contributed by atoms with Gasteiger partial charge >= 0.3 is 0 Å². The van der Waals surface area contributed by atoms with Gasteiger partial charge in [-0.3, -0.25) is 4.68 Å². The summed E-state index contributed by atoms with van der Waals surface area (Å²) in [6, 6.07) is 8.15. The molecule has 6 nitrogen and oxygen atoms in total. The normalized spacial score (nSPS) is 22.3. The number of aromatic nitrogens is 2. The average Bonchev–Trinajstić information content (AvgIpc) is 3.16. The zero-order valence-corrected chi connectivity index (χ0v) is 15.0. The molecule has 1 N–H and O–H groups in total. The van der Waals surface area contributed by atoms with Gasteiger partial charge in [0.2, 0.25) is 0 Å². The van der Waals surface area contributed by atoms with Crippen molar-refractivity contribution in [3.63, 3.8) is 0 Å². The Bertz CT molecular complexity index is 806. The molecule has 26 heavy (non-hydrogen) atoms. The van der Waals surface area contributed by atoms with Gasteiger partial charge < -0.3 is 14.8 Å². The number of nitriles is 1. The molecule has 2 fully saturated rings. The summed E-state index contributed by atoms with van der Waals surface area (Å²) in [5.74, 6) is 1.42. The molecule has 1 aromatic heterocycles. The molecule has 1 aromatic carbocycles. The minimum atomic E-state index is 0.0386. The Kier molecular flexibility index (Phi) is 4.91. The highest BCUT2D eigenvalue weighted by molar-refractivity contribution is 5.45. The minimum Gasteiger partial charge on any atom is -0.495 e. The molecule has 136 valence electrons. The second-order valence-electron chi connectivity index (χ2n) is 7.15. The van der Waals surface area contributed by atoms with Crippen molar-refractivity contribution in [3.05, 3.63) is 47.3 Å². The van der Waals surface area contributed by atoms with Crippen molar-refractivity contribution in [2.24, 2.45) is 5.92 Å². The quantitative estimate of drug-likeness (QED) is 0.829. The number of methoxy groups -OCH3 is 1. The number of rotatable bonds is 7. The Balaban J connectivity index is 1.39. The Hall–Kier alpha value is -2.36. The van der Waals surface area contributed by atoms with Crippen LogP contribution < -0.4 is 10.1 Å². The summed E-state index contributed by atoms with van der Waals surface area (Å²) in [5, 5.41) is 17.3. The third-order valence-corrected chi connectivity index (χ3v) is 5.17. The van der Waals surface area contributed by atoms with Crippen LogP contribution in [0.2, 0.25) is 0 Å². The molecule has 1 saturated carbocycles. The van der Waals surface area contributed by atoms with Crippen molar-refractivity contribution in [2.45, 2.75) is 44.5 Å². The molecule has 0 amide bonds. The maximum atomic E-state index is 9.23. The van der Waals surface area contributed by atoms with Gasteiger partial charge in [0.05, 0.1) is 18.9 Å². The fourth-order valence-electron chi connectivity index (χ4n) is 3.52. The van der Waals surface area contributed by atoms with Gasteiger partial charge in [0.15, 0.2) is 0 Å². The van der Waals surface area contributed by atoms with Gasteiger partial charge in [-0.15, -0.1) is 0 Å². The van der Waals surface area contributed by atoms with Crippen molar-refractivity contribution >= 4 is 0 Å². The van der Waals surface area contributed by atoms with E-state index in [0.29, 0.717) is 17.9 Å². The minimum absolute atomic E-state index is 0.0386. The molecular weight excluding hydrogens is 328 g/mol. The molecule has 2 heterocycles. The molecule has 0 spiro atoms. The van der Waals surface area contributed by atoms with Crippen LogP contribution in [0.5, 0.6) is 5.75 Å². The van der Waals surface area contributed by atoms with Crippen LogP contribution in [0.3, 0.4) is 0 Å². The first-order valence-corrected chi connectivity index (χ1v) is 9.21. The van der Waals surface area contributed by atoms with E-state index in [1.807, 2.05) is 24.4 Å². The summed E-state index contributed by atoms with van der Waals surface area (Å²) < 4.78 is 13.2. The lowest BCUT2D eigenvalue weighted by Crippen LogP contribution is -2.31. The highest BCUT2D eigenvalue weighted by Crippen LogP contribution is 2.32. The van der Waals surface area contributed by atoms with Crippen molar-refractivity contribution < 1.29 is 9.47 Å². The maximum absolute atomic E-state index is 9.23. The summed E-state index contributed by atoms with van der Waals surface area (Å²) in [5.41, 5.74) is 2.78. The monoisotopic (exact) mass is 352 g/mol. The molecule has 2 aromatic rings. The first kappa shape index (κ1) is 17.1.